The van der Waals surface area contributed by atoms with Gasteiger partial charge in [0.15, 0.2) is 0 Å². The Morgan fingerprint density at radius 1 is 0.346 bits per heavy atom. The Morgan fingerprint density at radius 2 is 0.577 bits per heavy atom. The van der Waals surface area contributed by atoms with Gasteiger partial charge in [-0.25, -0.2) is 0 Å². The summed E-state index contributed by atoms with van der Waals surface area (Å²) in [6.07, 6.45) is 27.0. The molecule has 0 aliphatic rings. The Balaban J connectivity index is 0. The maximum Gasteiger partial charge on any atom is -0.147 e. The SMILES string of the molecule is CCCCCCC[CH2][Pb]([CH2]CCCCCCC)[CH2]CCCCCCC.Cl. The molecule has 0 saturated carbocycles. The molecule has 0 aliphatic heterocycles. The van der Waals surface area contributed by atoms with Crippen molar-refractivity contribution in [1.29, 1.82) is 0 Å². The fourth-order valence-electron chi connectivity index (χ4n) is 3.84. The molecule has 26 heavy (non-hydrogen) atoms. The average molecular weight is 583 g/mol. The van der Waals surface area contributed by atoms with E-state index in [0.29, 0.717) is 0 Å². The third kappa shape index (κ3) is 23.3. The van der Waals surface area contributed by atoms with Gasteiger partial charge in [-0.2, -0.15) is 0 Å². The number of hydrogen-bond donors (Lipinski definition) is 0. The van der Waals surface area contributed by atoms with Gasteiger partial charge in [-0.05, 0) is 0 Å². The Labute approximate surface area is 182 Å². The standard InChI is InChI=1S/3C8H17.ClH.Pb/c3*1-3-5-7-8-6-4-2;;/h3*1,3-8H2,2H3;1H;. The second-order valence-corrected chi connectivity index (χ2v) is 20.0. The second-order valence-electron chi connectivity index (χ2n) is 8.30. The first-order valence-electron chi connectivity index (χ1n) is 12.2. The van der Waals surface area contributed by atoms with Gasteiger partial charge < -0.3 is 0 Å². The van der Waals surface area contributed by atoms with Crippen molar-refractivity contribution in [2.45, 2.75) is 148 Å². The molecule has 0 fully saturated rings. The van der Waals surface area contributed by atoms with E-state index in [1.807, 2.05) is 0 Å². The molecule has 0 saturated heterocycles. The van der Waals surface area contributed by atoms with Gasteiger partial charge >= 0.3 is 171 Å². The Hall–Kier alpha value is 1.21. The first kappa shape index (κ1) is 29.4. The monoisotopic (exact) mass is 583 g/mol. The molecule has 0 atom stereocenters. The van der Waals surface area contributed by atoms with Crippen LogP contribution < -0.4 is 0 Å². The van der Waals surface area contributed by atoms with Gasteiger partial charge in [-0.1, -0.05) is 0 Å². The third-order valence-corrected chi connectivity index (χ3v) is 18.0. The van der Waals surface area contributed by atoms with E-state index >= 15 is 0 Å². The molecule has 0 aliphatic carbocycles. The summed E-state index contributed by atoms with van der Waals surface area (Å²) in [7, 11) is 0. The number of rotatable bonds is 21. The van der Waals surface area contributed by atoms with E-state index in [1.54, 1.807) is 50.5 Å². The molecular weight excluding hydrogens is 531 g/mol. The molecule has 0 N–H and O–H groups in total. The molecule has 1 radical (unpaired) electrons. The van der Waals surface area contributed by atoms with Crippen LogP contribution in [0.25, 0.3) is 0 Å². The molecule has 0 aromatic rings. The molecule has 0 rings (SSSR count). The van der Waals surface area contributed by atoms with E-state index in [2.05, 4.69) is 20.8 Å². The fourth-order valence-corrected chi connectivity index (χ4v) is 15.5. The van der Waals surface area contributed by atoms with Gasteiger partial charge in [0.2, 0.25) is 0 Å². The summed E-state index contributed by atoms with van der Waals surface area (Å²) in [4.78, 5) is 0. The van der Waals surface area contributed by atoms with Crippen LogP contribution in [0.2, 0.25) is 11.9 Å². The summed E-state index contributed by atoms with van der Waals surface area (Å²) in [6, 6.07) is 0. The second kappa shape index (κ2) is 26.2. The van der Waals surface area contributed by atoms with E-state index in [9.17, 15) is 0 Å². The summed E-state index contributed by atoms with van der Waals surface area (Å²) >= 11 is -1.19. The van der Waals surface area contributed by atoms with E-state index < -0.39 is 22.7 Å². The molecule has 0 aromatic heterocycles. The van der Waals surface area contributed by atoms with E-state index in [0.717, 1.165) is 0 Å². The van der Waals surface area contributed by atoms with Crippen molar-refractivity contribution < 1.29 is 0 Å². The van der Waals surface area contributed by atoms with Gasteiger partial charge in [0.1, 0.15) is 0 Å². The van der Waals surface area contributed by atoms with Crippen molar-refractivity contribution in [2.75, 3.05) is 0 Å². The normalized spacial score (nSPS) is 11.1. The molecule has 0 unspecified atom stereocenters. The molecule has 159 valence electrons. The average Bonchev–Trinajstić information content (AvgIpc) is 2.63. The molecule has 0 spiro atoms. The van der Waals surface area contributed by atoms with Crippen LogP contribution in [0.3, 0.4) is 0 Å². The van der Waals surface area contributed by atoms with Crippen LogP contribution >= 0.6 is 12.4 Å². The van der Waals surface area contributed by atoms with Gasteiger partial charge in [0, 0.05) is 0 Å². The zero-order chi connectivity index (χ0) is 18.4. The molecule has 0 bridgehead atoms. The minimum atomic E-state index is -1.19. The maximum atomic E-state index is 2.33. The largest absolute Gasteiger partial charge is 0.147 e. The van der Waals surface area contributed by atoms with Crippen molar-refractivity contribution >= 4 is 35.1 Å². The Bertz CT molecular complexity index is 194. The fraction of sp³-hybridized carbons (Fsp3) is 1.00. The first-order valence-corrected chi connectivity index (χ1v) is 20.4. The van der Waals surface area contributed by atoms with E-state index in [1.165, 1.54) is 77.0 Å². The molecule has 0 amide bonds. The zero-order valence-corrected chi connectivity index (χ0v) is 23.5. The van der Waals surface area contributed by atoms with Gasteiger partial charge in [-0.3, -0.25) is 0 Å². The molecule has 0 nitrogen and oxygen atoms in total. The molecule has 0 heterocycles. The smallest absolute Gasteiger partial charge is 0.147 e. The van der Waals surface area contributed by atoms with Gasteiger partial charge in [-0.15, -0.1) is 12.4 Å². The number of halogens is 1. The van der Waals surface area contributed by atoms with Gasteiger partial charge in [0.25, 0.3) is 0 Å². The van der Waals surface area contributed by atoms with E-state index in [4.69, 9.17) is 0 Å². The zero-order valence-electron chi connectivity index (χ0n) is 18.8. The van der Waals surface area contributed by atoms with Crippen molar-refractivity contribution in [3.63, 3.8) is 0 Å². The molecular formula is C24H52ClPb. The summed E-state index contributed by atoms with van der Waals surface area (Å²) in [5.74, 6) is 0. The summed E-state index contributed by atoms with van der Waals surface area (Å²) in [5.41, 5.74) is 0. The maximum absolute atomic E-state index is 2.33. The number of hydrogen-bond acceptors (Lipinski definition) is 0. The Morgan fingerprint density at radius 3 is 0.846 bits per heavy atom. The minimum absolute atomic E-state index is 0. The quantitative estimate of drug-likeness (QED) is 0.0932. The molecule has 2 heteroatoms. The predicted molar refractivity (Wildman–Crippen MR) is 128 cm³/mol. The van der Waals surface area contributed by atoms with Crippen LogP contribution in [0.4, 0.5) is 0 Å². The van der Waals surface area contributed by atoms with Crippen molar-refractivity contribution in [3.05, 3.63) is 0 Å². The predicted octanol–water partition coefficient (Wildman–Crippen LogP) is 9.98. The first-order chi connectivity index (χ1) is 12.3. The van der Waals surface area contributed by atoms with Gasteiger partial charge in [0.05, 0.1) is 0 Å². The topological polar surface area (TPSA) is 0 Å². The summed E-state index contributed by atoms with van der Waals surface area (Å²) in [6.45, 7) is 6.98. The third-order valence-electron chi connectivity index (χ3n) is 5.65. The van der Waals surface area contributed by atoms with Crippen LogP contribution in [-0.2, 0) is 0 Å². The number of unbranched alkanes of at least 4 members (excludes halogenated alkanes) is 15. The minimum Gasteiger partial charge on any atom is -0.147 e. The summed E-state index contributed by atoms with van der Waals surface area (Å²) < 4.78 is 5.21. The summed E-state index contributed by atoms with van der Waals surface area (Å²) in [5, 5.41) is 0. The van der Waals surface area contributed by atoms with Crippen LogP contribution in [0, 0.1) is 0 Å². The molecule has 0 aromatic carbocycles. The van der Waals surface area contributed by atoms with Crippen LogP contribution in [0.5, 0.6) is 0 Å². The van der Waals surface area contributed by atoms with Crippen molar-refractivity contribution in [3.8, 4) is 0 Å². The van der Waals surface area contributed by atoms with Crippen molar-refractivity contribution in [1.82, 2.24) is 0 Å². The van der Waals surface area contributed by atoms with Crippen LogP contribution in [0.1, 0.15) is 136 Å². The Kier molecular flexibility index (Phi) is 29.7. The van der Waals surface area contributed by atoms with Crippen LogP contribution in [0.15, 0.2) is 0 Å². The van der Waals surface area contributed by atoms with Crippen molar-refractivity contribution in [2.24, 2.45) is 0 Å². The van der Waals surface area contributed by atoms with Crippen LogP contribution in [-0.4, -0.2) is 22.7 Å². The van der Waals surface area contributed by atoms with E-state index in [-0.39, 0.29) is 12.4 Å².